The zero-order valence-corrected chi connectivity index (χ0v) is 11.2. The minimum atomic E-state index is 0.580. The summed E-state index contributed by atoms with van der Waals surface area (Å²) in [6.07, 6.45) is 3.04. The molecule has 0 spiro atoms. The summed E-state index contributed by atoms with van der Waals surface area (Å²) in [6, 6.07) is 0. The van der Waals surface area contributed by atoms with E-state index >= 15 is 0 Å². The summed E-state index contributed by atoms with van der Waals surface area (Å²) in [6.45, 7) is 6.67. The number of hydrogen-bond acceptors (Lipinski definition) is 5. The minimum absolute atomic E-state index is 0.580. The maximum absolute atomic E-state index is 5.89. The Balaban J connectivity index is 2.01. The van der Waals surface area contributed by atoms with Gasteiger partial charge in [0.25, 0.3) is 0 Å². The van der Waals surface area contributed by atoms with Crippen molar-refractivity contribution in [2.24, 2.45) is 5.92 Å². The monoisotopic (exact) mass is 250 g/mol. The first-order chi connectivity index (χ1) is 8.70. The van der Waals surface area contributed by atoms with Crippen LogP contribution in [0.2, 0.25) is 0 Å². The quantitative estimate of drug-likeness (QED) is 0.852. The van der Waals surface area contributed by atoms with Crippen LogP contribution >= 0.6 is 0 Å². The lowest BCUT2D eigenvalue weighted by atomic mass is 10.0. The van der Waals surface area contributed by atoms with Crippen molar-refractivity contribution in [3.05, 3.63) is 11.4 Å². The smallest absolute Gasteiger partial charge is 0.134 e. The van der Waals surface area contributed by atoms with Crippen molar-refractivity contribution in [3.63, 3.8) is 0 Å². The number of ether oxygens (including phenoxy) is 1. The lowest BCUT2D eigenvalue weighted by Gasteiger charge is -2.23. The molecule has 1 aromatic rings. The molecule has 5 heteroatoms. The van der Waals surface area contributed by atoms with Gasteiger partial charge in [-0.3, -0.25) is 0 Å². The predicted molar refractivity (Wildman–Crippen MR) is 72.6 cm³/mol. The molecule has 2 heterocycles. The summed E-state index contributed by atoms with van der Waals surface area (Å²) in [5.74, 6) is 2.93. The topological polar surface area (TPSA) is 73.1 Å². The second kappa shape index (κ2) is 6.00. The summed E-state index contributed by atoms with van der Waals surface area (Å²) in [7, 11) is 0. The molecule has 0 aromatic carbocycles. The van der Waals surface area contributed by atoms with Gasteiger partial charge in [-0.2, -0.15) is 0 Å². The van der Waals surface area contributed by atoms with Crippen molar-refractivity contribution in [1.82, 2.24) is 9.97 Å². The second-order valence-electron chi connectivity index (χ2n) is 4.79. The number of hydrogen-bond donors (Lipinski definition) is 2. The van der Waals surface area contributed by atoms with E-state index in [0.717, 1.165) is 56.2 Å². The molecule has 1 aliphatic rings. The number of nitrogens with zero attached hydrogens (tertiary/aromatic N) is 2. The van der Waals surface area contributed by atoms with E-state index in [0.29, 0.717) is 11.7 Å². The van der Waals surface area contributed by atoms with Gasteiger partial charge in [0.15, 0.2) is 0 Å². The van der Waals surface area contributed by atoms with Gasteiger partial charge in [0.05, 0.1) is 0 Å². The summed E-state index contributed by atoms with van der Waals surface area (Å²) >= 11 is 0. The fourth-order valence-electron chi connectivity index (χ4n) is 2.10. The Morgan fingerprint density at radius 1 is 1.33 bits per heavy atom. The van der Waals surface area contributed by atoms with Gasteiger partial charge in [-0.25, -0.2) is 9.97 Å². The molecule has 0 bridgehead atoms. The van der Waals surface area contributed by atoms with Gasteiger partial charge in [0.1, 0.15) is 17.5 Å². The second-order valence-corrected chi connectivity index (χ2v) is 4.79. The Hall–Kier alpha value is -1.36. The number of aromatic nitrogens is 2. The molecule has 5 nitrogen and oxygen atoms in total. The summed E-state index contributed by atoms with van der Waals surface area (Å²) in [5.41, 5.74) is 6.84. The maximum atomic E-state index is 5.89. The average molecular weight is 250 g/mol. The van der Waals surface area contributed by atoms with E-state index in [2.05, 4.69) is 15.3 Å². The molecule has 0 radical (unpaired) electrons. The first kappa shape index (κ1) is 13.1. The molecule has 3 N–H and O–H groups in total. The number of nitrogens with two attached hydrogens (primary N) is 1. The molecule has 1 saturated heterocycles. The molecule has 0 aliphatic carbocycles. The van der Waals surface area contributed by atoms with Crippen LogP contribution in [0.15, 0.2) is 0 Å². The van der Waals surface area contributed by atoms with Crippen molar-refractivity contribution in [1.29, 1.82) is 0 Å². The highest BCUT2D eigenvalue weighted by Gasteiger charge is 2.15. The summed E-state index contributed by atoms with van der Waals surface area (Å²) < 4.78 is 5.36. The third-order valence-electron chi connectivity index (χ3n) is 3.45. The number of aryl methyl sites for hydroxylation is 1. The number of nitrogens with one attached hydrogen (secondary N) is 1. The Kier molecular flexibility index (Phi) is 4.36. The zero-order chi connectivity index (χ0) is 13.0. The normalized spacial score (nSPS) is 16.8. The molecule has 0 saturated carbocycles. The number of anilines is 2. The minimum Gasteiger partial charge on any atom is -0.383 e. The van der Waals surface area contributed by atoms with Crippen LogP contribution in [0.25, 0.3) is 0 Å². The highest BCUT2D eigenvalue weighted by molar-refractivity contribution is 5.54. The van der Waals surface area contributed by atoms with Gasteiger partial charge in [-0.05, 0) is 25.7 Å². The van der Waals surface area contributed by atoms with Crippen molar-refractivity contribution in [3.8, 4) is 0 Å². The van der Waals surface area contributed by atoms with Gasteiger partial charge < -0.3 is 15.8 Å². The van der Waals surface area contributed by atoms with Crippen molar-refractivity contribution < 1.29 is 4.74 Å². The van der Waals surface area contributed by atoms with E-state index < -0.39 is 0 Å². The zero-order valence-electron chi connectivity index (χ0n) is 11.2. The van der Waals surface area contributed by atoms with Crippen LogP contribution in [0.5, 0.6) is 0 Å². The van der Waals surface area contributed by atoms with Crippen LogP contribution < -0.4 is 11.1 Å². The van der Waals surface area contributed by atoms with Crippen LogP contribution in [-0.2, 0) is 11.2 Å². The van der Waals surface area contributed by atoms with E-state index in [1.54, 1.807) is 0 Å². The highest BCUT2D eigenvalue weighted by atomic mass is 16.5. The molecule has 18 heavy (non-hydrogen) atoms. The van der Waals surface area contributed by atoms with Crippen molar-refractivity contribution >= 4 is 11.6 Å². The Morgan fingerprint density at radius 3 is 2.72 bits per heavy atom. The molecule has 1 aliphatic heterocycles. The van der Waals surface area contributed by atoms with E-state index in [-0.39, 0.29) is 0 Å². The van der Waals surface area contributed by atoms with Gasteiger partial charge >= 0.3 is 0 Å². The molecule has 0 amide bonds. The maximum Gasteiger partial charge on any atom is 0.134 e. The molecular formula is C13H22N4O. The molecule has 0 unspecified atom stereocenters. The fourth-order valence-corrected chi connectivity index (χ4v) is 2.10. The SMILES string of the molecule is CCc1nc(N)c(C)c(NCC2CCOCC2)n1. The molecule has 2 rings (SSSR count). The average Bonchev–Trinajstić information content (AvgIpc) is 2.41. The van der Waals surface area contributed by atoms with E-state index in [1.165, 1.54) is 0 Å². The lowest BCUT2D eigenvalue weighted by molar-refractivity contribution is 0.0699. The third kappa shape index (κ3) is 3.10. The Labute approximate surface area is 108 Å². The summed E-state index contributed by atoms with van der Waals surface area (Å²) in [4.78, 5) is 8.76. The van der Waals surface area contributed by atoms with Crippen LogP contribution in [-0.4, -0.2) is 29.7 Å². The van der Waals surface area contributed by atoms with Gasteiger partial charge in [0, 0.05) is 31.7 Å². The van der Waals surface area contributed by atoms with Crippen LogP contribution in [0.1, 0.15) is 31.2 Å². The van der Waals surface area contributed by atoms with E-state index in [9.17, 15) is 0 Å². The molecular weight excluding hydrogens is 228 g/mol. The van der Waals surface area contributed by atoms with Gasteiger partial charge in [-0.15, -0.1) is 0 Å². The third-order valence-corrected chi connectivity index (χ3v) is 3.45. The highest BCUT2D eigenvalue weighted by Crippen LogP contribution is 2.20. The lowest BCUT2D eigenvalue weighted by Crippen LogP contribution is -2.23. The number of rotatable bonds is 4. The van der Waals surface area contributed by atoms with E-state index in [4.69, 9.17) is 10.5 Å². The summed E-state index contributed by atoms with van der Waals surface area (Å²) in [5, 5.41) is 3.41. The van der Waals surface area contributed by atoms with Crippen molar-refractivity contribution in [2.75, 3.05) is 30.8 Å². The predicted octanol–water partition coefficient (Wildman–Crippen LogP) is 1.77. The number of nitrogen functional groups attached to an aromatic ring is 1. The van der Waals surface area contributed by atoms with Gasteiger partial charge in [0.2, 0.25) is 0 Å². The van der Waals surface area contributed by atoms with Crippen LogP contribution in [0, 0.1) is 12.8 Å². The first-order valence-electron chi connectivity index (χ1n) is 6.65. The Bertz CT molecular complexity index is 402. The molecule has 0 atom stereocenters. The molecule has 1 fully saturated rings. The Morgan fingerprint density at radius 2 is 2.06 bits per heavy atom. The fraction of sp³-hybridized carbons (Fsp3) is 0.692. The van der Waals surface area contributed by atoms with E-state index in [1.807, 2.05) is 13.8 Å². The molecule has 1 aromatic heterocycles. The van der Waals surface area contributed by atoms with Gasteiger partial charge in [-0.1, -0.05) is 6.92 Å². The van der Waals surface area contributed by atoms with Crippen LogP contribution in [0.3, 0.4) is 0 Å². The van der Waals surface area contributed by atoms with Crippen molar-refractivity contribution in [2.45, 2.75) is 33.1 Å². The standard InChI is InChI=1S/C13H22N4O/c1-3-11-16-12(14)9(2)13(17-11)15-8-10-4-6-18-7-5-10/h10H,3-8H2,1-2H3,(H3,14,15,16,17). The largest absolute Gasteiger partial charge is 0.383 e. The van der Waals surface area contributed by atoms with Crippen LogP contribution in [0.4, 0.5) is 11.6 Å². The first-order valence-corrected chi connectivity index (χ1v) is 6.65. The molecule has 100 valence electrons.